The number of carbonyl (C=O) groups excluding carboxylic acids is 2. The zero-order chi connectivity index (χ0) is 18.9. The standard InChI is InChI=1S/C18H23Cl2N3O3/c1-26-12-7-21-16(24)13-22-8-10-23(11-9-22)17(25)6-5-14-3-2-4-15(19)18(14)20/h2-6H,7-13H2,1H3,(H,21,24)/b6-5+. The first kappa shape index (κ1) is 20.7. The molecule has 0 spiro atoms. The fraction of sp³-hybridized carbons (Fsp3) is 0.444. The molecule has 1 N–H and O–H groups in total. The summed E-state index contributed by atoms with van der Waals surface area (Å²) in [6.45, 7) is 3.82. The summed E-state index contributed by atoms with van der Waals surface area (Å²) in [5.41, 5.74) is 0.707. The Labute approximate surface area is 163 Å². The van der Waals surface area contributed by atoms with Crippen LogP contribution in [0, 0.1) is 0 Å². The molecule has 26 heavy (non-hydrogen) atoms. The van der Waals surface area contributed by atoms with Gasteiger partial charge < -0.3 is 15.0 Å². The molecule has 6 nitrogen and oxygen atoms in total. The van der Waals surface area contributed by atoms with E-state index in [0.29, 0.717) is 61.5 Å². The lowest BCUT2D eigenvalue weighted by Gasteiger charge is -2.33. The fourth-order valence-electron chi connectivity index (χ4n) is 2.59. The van der Waals surface area contributed by atoms with E-state index in [-0.39, 0.29) is 11.8 Å². The number of carbonyl (C=O) groups is 2. The third-order valence-electron chi connectivity index (χ3n) is 4.07. The summed E-state index contributed by atoms with van der Waals surface area (Å²) in [5.74, 6) is -0.109. The van der Waals surface area contributed by atoms with Gasteiger partial charge in [0, 0.05) is 45.9 Å². The summed E-state index contributed by atoms with van der Waals surface area (Å²) < 4.78 is 4.90. The highest BCUT2D eigenvalue weighted by Gasteiger charge is 2.21. The first-order chi connectivity index (χ1) is 12.5. The van der Waals surface area contributed by atoms with E-state index >= 15 is 0 Å². The monoisotopic (exact) mass is 399 g/mol. The van der Waals surface area contributed by atoms with Gasteiger partial charge in [-0.3, -0.25) is 14.5 Å². The van der Waals surface area contributed by atoms with Gasteiger partial charge in [0.05, 0.1) is 23.2 Å². The van der Waals surface area contributed by atoms with Crippen LogP contribution in [-0.2, 0) is 14.3 Å². The Kier molecular flexibility index (Phi) is 8.38. The minimum absolute atomic E-state index is 0.0303. The molecule has 1 saturated heterocycles. The second-order valence-corrected chi connectivity index (χ2v) is 6.71. The van der Waals surface area contributed by atoms with Crippen molar-refractivity contribution in [3.05, 3.63) is 39.9 Å². The van der Waals surface area contributed by atoms with Gasteiger partial charge in [0.15, 0.2) is 0 Å². The van der Waals surface area contributed by atoms with Crippen LogP contribution in [0.5, 0.6) is 0 Å². The molecule has 1 heterocycles. The number of piperazine rings is 1. The largest absolute Gasteiger partial charge is 0.383 e. The number of methoxy groups -OCH3 is 1. The van der Waals surface area contributed by atoms with Crippen molar-refractivity contribution in [1.29, 1.82) is 0 Å². The summed E-state index contributed by atoms with van der Waals surface area (Å²) >= 11 is 12.1. The maximum atomic E-state index is 12.3. The van der Waals surface area contributed by atoms with E-state index in [1.165, 1.54) is 6.08 Å². The van der Waals surface area contributed by atoms with E-state index < -0.39 is 0 Å². The molecule has 1 aromatic carbocycles. The fourth-order valence-corrected chi connectivity index (χ4v) is 2.96. The lowest BCUT2D eigenvalue weighted by molar-refractivity contribution is -0.128. The molecule has 0 saturated carbocycles. The number of hydrogen-bond acceptors (Lipinski definition) is 4. The second kappa shape index (κ2) is 10.5. The molecule has 2 amide bonds. The van der Waals surface area contributed by atoms with Crippen LogP contribution >= 0.6 is 23.2 Å². The van der Waals surface area contributed by atoms with Gasteiger partial charge in [-0.2, -0.15) is 0 Å². The Hall–Kier alpha value is -1.60. The highest BCUT2D eigenvalue weighted by atomic mass is 35.5. The predicted octanol–water partition coefficient (Wildman–Crippen LogP) is 1.91. The van der Waals surface area contributed by atoms with Crippen LogP contribution in [-0.4, -0.2) is 74.6 Å². The topological polar surface area (TPSA) is 61.9 Å². The van der Waals surface area contributed by atoms with Gasteiger partial charge in [0.2, 0.25) is 11.8 Å². The summed E-state index contributed by atoms with van der Waals surface area (Å²) in [5, 5.41) is 3.68. The predicted molar refractivity (Wildman–Crippen MR) is 103 cm³/mol. The smallest absolute Gasteiger partial charge is 0.246 e. The van der Waals surface area contributed by atoms with Crippen molar-refractivity contribution in [2.75, 3.05) is 53.0 Å². The molecule has 0 atom stereocenters. The Morgan fingerprint density at radius 2 is 1.96 bits per heavy atom. The molecule has 1 aliphatic rings. The zero-order valence-corrected chi connectivity index (χ0v) is 16.2. The van der Waals surface area contributed by atoms with Gasteiger partial charge in [0.1, 0.15) is 0 Å². The van der Waals surface area contributed by atoms with Crippen molar-refractivity contribution in [3.8, 4) is 0 Å². The quantitative estimate of drug-likeness (QED) is 0.561. The van der Waals surface area contributed by atoms with E-state index in [1.54, 1.807) is 36.3 Å². The molecule has 0 aliphatic carbocycles. The number of rotatable bonds is 7. The first-order valence-electron chi connectivity index (χ1n) is 8.40. The van der Waals surface area contributed by atoms with Gasteiger partial charge in [-0.05, 0) is 17.7 Å². The van der Waals surface area contributed by atoms with Crippen LogP contribution in [0.2, 0.25) is 10.0 Å². The van der Waals surface area contributed by atoms with Crippen molar-refractivity contribution in [2.45, 2.75) is 0 Å². The minimum Gasteiger partial charge on any atom is -0.383 e. The average molecular weight is 400 g/mol. The number of benzene rings is 1. The van der Waals surface area contributed by atoms with Gasteiger partial charge in [0.25, 0.3) is 0 Å². The Morgan fingerprint density at radius 1 is 1.23 bits per heavy atom. The van der Waals surface area contributed by atoms with Crippen molar-refractivity contribution >= 4 is 41.1 Å². The van der Waals surface area contributed by atoms with Crippen LogP contribution in [0.3, 0.4) is 0 Å². The van der Waals surface area contributed by atoms with E-state index in [2.05, 4.69) is 5.32 Å². The van der Waals surface area contributed by atoms with E-state index in [1.807, 2.05) is 4.90 Å². The normalized spacial score (nSPS) is 15.4. The van der Waals surface area contributed by atoms with Crippen LogP contribution in [0.15, 0.2) is 24.3 Å². The zero-order valence-electron chi connectivity index (χ0n) is 14.7. The third kappa shape index (κ3) is 6.29. The Bertz CT molecular complexity index is 659. The molecule has 1 aromatic rings. The van der Waals surface area contributed by atoms with Crippen molar-refractivity contribution in [3.63, 3.8) is 0 Å². The molecule has 1 aliphatic heterocycles. The molecular formula is C18H23Cl2N3O3. The SMILES string of the molecule is COCCNC(=O)CN1CCN(C(=O)/C=C/c2cccc(Cl)c2Cl)CC1. The van der Waals surface area contributed by atoms with Crippen LogP contribution in [0.4, 0.5) is 0 Å². The highest BCUT2D eigenvalue weighted by molar-refractivity contribution is 6.42. The van der Waals surface area contributed by atoms with E-state index in [0.717, 1.165) is 0 Å². The molecule has 2 rings (SSSR count). The molecule has 0 unspecified atom stereocenters. The molecule has 0 radical (unpaired) electrons. The second-order valence-electron chi connectivity index (χ2n) is 5.92. The van der Waals surface area contributed by atoms with Gasteiger partial charge in [-0.1, -0.05) is 35.3 Å². The summed E-state index contributed by atoms with van der Waals surface area (Å²) in [6, 6.07) is 5.29. The number of ether oxygens (including phenoxy) is 1. The molecule has 142 valence electrons. The van der Waals surface area contributed by atoms with Crippen LogP contribution in [0.1, 0.15) is 5.56 Å². The summed E-state index contributed by atoms with van der Waals surface area (Å²) in [6.07, 6.45) is 3.18. The summed E-state index contributed by atoms with van der Waals surface area (Å²) in [7, 11) is 1.59. The lowest BCUT2D eigenvalue weighted by Crippen LogP contribution is -2.51. The molecule has 8 heteroatoms. The maximum Gasteiger partial charge on any atom is 0.246 e. The van der Waals surface area contributed by atoms with E-state index in [4.69, 9.17) is 27.9 Å². The van der Waals surface area contributed by atoms with Gasteiger partial charge in [-0.15, -0.1) is 0 Å². The molecule has 0 aromatic heterocycles. The molecule has 1 fully saturated rings. The Balaban J connectivity index is 1.78. The number of nitrogens with one attached hydrogen (secondary N) is 1. The van der Waals surface area contributed by atoms with Crippen LogP contribution < -0.4 is 5.32 Å². The molecular weight excluding hydrogens is 377 g/mol. The van der Waals surface area contributed by atoms with Gasteiger partial charge >= 0.3 is 0 Å². The number of amides is 2. The highest BCUT2D eigenvalue weighted by Crippen LogP contribution is 2.26. The maximum absolute atomic E-state index is 12.3. The van der Waals surface area contributed by atoms with Crippen molar-refractivity contribution in [1.82, 2.24) is 15.1 Å². The third-order valence-corrected chi connectivity index (χ3v) is 4.90. The minimum atomic E-state index is -0.0785. The van der Waals surface area contributed by atoms with Crippen molar-refractivity contribution in [2.24, 2.45) is 0 Å². The van der Waals surface area contributed by atoms with Crippen molar-refractivity contribution < 1.29 is 14.3 Å². The van der Waals surface area contributed by atoms with Crippen LogP contribution in [0.25, 0.3) is 6.08 Å². The first-order valence-corrected chi connectivity index (χ1v) is 9.16. The van der Waals surface area contributed by atoms with Gasteiger partial charge in [-0.25, -0.2) is 0 Å². The number of hydrogen-bond donors (Lipinski definition) is 1. The number of halogens is 2. The average Bonchev–Trinajstić information content (AvgIpc) is 2.63. The molecule has 0 bridgehead atoms. The van der Waals surface area contributed by atoms with E-state index in [9.17, 15) is 9.59 Å². The number of nitrogens with zero attached hydrogens (tertiary/aromatic N) is 2. The Morgan fingerprint density at radius 3 is 2.65 bits per heavy atom. The summed E-state index contributed by atoms with van der Waals surface area (Å²) in [4.78, 5) is 27.9. The lowest BCUT2D eigenvalue weighted by atomic mass is 10.2.